The third kappa shape index (κ3) is 11.3. The standard InChI is InChI=1S/C14H35N5/c1-2-18(10-3-7-15)13-6-14-19(11-4-8-16)12-5-9-17/h2-17H2,1H3. The van der Waals surface area contributed by atoms with Crippen molar-refractivity contribution >= 4 is 0 Å². The molecule has 0 aliphatic rings. The van der Waals surface area contributed by atoms with Gasteiger partial charge in [-0.05, 0) is 84.6 Å². The zero-order valence-corrected chi connectivity index (χ0v) is 12.8. The molecule has 5 heteroatoms. The number of hydrogen-bond acceptors (Lipinski definition) is 5. The molecule has 5 nitrogen and oxygen atoms in total. The maximum absolute atomic E-state index is 5.59. The molecule has 0 aliphatic heterocycles. The van der Waals surface area contributed by atoms with Crippen LogP contribution in [-0.4, -0.2) is 68.7 Å². The Balaban J connectivity index is 3.80. The highest BCUT2D eigenvalue weighted by Crippen LogP contribution is 1.99. The molecule has 0 rings (SSSR count). The van der Waals surface area contributed by atoms with Crippen LogP contribution in [0.25, 0.3) is 0 Å². The molecule has 0 fully saturated rings. The predicted octanol–water partition coefficient (Wildman–Crippen LogP) is 0.0468. The Hall–Kier alpha value is -0.200. The number of hydrogen-bond donors (Lipinski definition) is 3. The smallest absolute Gasteiger partial charge is 0.000653 e. The first kappa shape index (κ1) is 18.8. The number of rotatable bonds is 14. The van der Waals surface area contributed by atoms with E-state index in [-0.39, 0.29) is 0 Å². The van der Waals surface area contributed by atoms with E-state index in [0.717, 1.165) is 78.2 Å². The third-order valence-corrected chi connectivity index (χ3v) is 3.43. The fourth-order valence-corrected chi connectivity index (χ4v) is 2.23. The van der Waals surface area contributed by atoms with Gasteiger partial charge in [-0.15, -0.1) is 0 Å². The lowest BCUT2D eigenvalue weighted by Crippen LogP contribution is -2.33. The SMILES string of the molecule is CCN(CCCN)CCCN(CCCN)CCCN. The Bertz CT molecular complexity index is 169. The highest BCUT2D eigenvalue weighted by molar-refractivity contribution is 4.62. The second-order valence-electron chi connectivity index (χ2n) is 5.06. The summed E-state index contributed by atoms with van der Waals surface area (Å²) < 4.78 is 0. The van der Waals surface area contributed by atoms with Gasteiger partial charge in [-0.25, -0.2) is 0 Å². The van der Waals surface area contributed by atoms with E-state index in [1.54, 1.807) is 0 Å². The molecule has 0 atom stereocenters. The summed E-state index contributed by atoms with van der Waals surface area (Å²) in [5.74, 6) is 0. The second kappa shape index (κ2) is 14.2. The van der Waals surface area contributed by atoms with Crippen LogP contribution in [0.2, 0.25) is 0 Å². The van der Waals surface area contributed by atoms with Crippen molar-refractivity contribution < 1.29 is 0 Å². The van der Waals surface area contributed by atoms with Crippen LogP contribution >= 0.6 is 0 Å². The van der Waals surface area contributed by atoms with E-state index in [0.29, 0.717) is 0 Å². The summed E-state index contributed by atoms with van der Waals surface area (Å²) in [6.07, 6.45) is 4.47. The highest BCUT2D eigenvalue weighted by Gasteiger charge is 2.06. The third-order valence-electron chi connectivity index (χ3n) is 3.43. The van der Waals surface area contributed by atoms with Crippen LogP contribution in [0, 0.1) is 0 Å². The van der Waals surface area contributed by atoms with Crippen molar-refractivity contribution in [1.82, 2.24) is 9.80 Å². The molecule has 0 bridgehead atoms. The maximum atomic E-state index is 5.59. The molecule has 19 heavy (non-hydrogen) atoms. The normalized spacial score (nSPS) is 11.7. The van der Waals surface area contributed by atoms with E-state index in [9.17, 15) is 0 Å². The Kier molecular flexibility index (Phi) is 14.1. The van der Waals surface area contributed by atoms with Crippen LogP contribution < -0.4 is 17.2 Å². The number of nitrogens with two attached hydrogens (primary N) is 3. The molecule has 0 unspecified atom stereocenters. The molecule has 0 saturated carbocycles. The van der Waals surface area contributed by atoms with E-state index in [1.807, 2.05) is 0 Å². The summed E-state index contributed by atoms with van der Waals surface area (Å²) in [6.45, 7) is 11.3. The van der Waals surface area contributed by atoms with Crippen molar-refractivity contribution in [3.05, 3.63) is 0 Å². The van der Waals surface area contributed by atoms with E-state index in [4.69, 9.17) is 17.2 Å². The Morgan fingerprint density at radius 1 is 0.579 bits per heavy atom. The van der Waals surface area contributed by atoms with Gasteiger partial charge in [0, 0.05) is 0 Å². The molecule has 0 heterocycles. The van der Waals surface area contributed by atoms with Crippen molar-refractivity contribution in [3.8, 4) is 0 Å². The lowest BCUT2D eigenvalue weighted by atomic mass is 10.2. The van der Waals surface area contributed by atoms with E-state index in [2.05, 4.69) is 16.7 Å². The Labute approximate surface area is 119 Å². The first-order valence-electron chi connectivity index (χ1n) is 7.83. The van der Waals surface area contributed by atoms with Gasteiger partial charge in [-0.1, -0.05) is 6.92 Å². The summed E-state index contributed by atoms with van der Waals surface area (Å²) in [5.41, 5.74) is 16.7. The Morgan fingerprint density at radius 2 is 0.947 bits per heavy atom. The average molecular weight is 273 g/mol. The first-order valence-corrected chi connectivity index (χ1v) is 7.83. The fraction of sp³-hybridized carbons (Fsp3) is 1.00. The molecule has 116 valence electrons. The molecule has 0 aromatic rings. The van der Waals surface area contributed by atoms with Crippen LogP contribution in [-0.2, 0) is 0 Å². The van der Waals surface area contributed by atoms with Crippen LogP contribution in [0.1, 0.15) is 32.6 Å². The molecular formula is C14H35N5. The minimum Gasteiger partial charge on any atom is -0.330 e. The second-order valence-corrected chi connectivity index (χ2v) is 5.06. The van der Waals surface area contributed by atoms with Gasteiger partial charge in [-0.3, -0.25) is 0 Å². The van der Waals surface area contributed by atoms with Crippen molar-refractivity contribution in [1.29, 1.82) is 0 Å². The minimum absolute atomic E-state index is 0.775. The summed E-state index contributed by atoms with van der Waals surface area (Å²) >= 11 is 0. The van der Waals surface area contributed by atoms with Crippen LogP contribution in [0.5, 0.6) is 0 Å². The van der Waals surface area contributed by atoms with Gasteiger partial charge in [0.25, 0.3) is 0 Å². The molecule has 0 spiro atoms. The van der Waals surface area contributed by atoms with Crippen LogP contribution in [0.3, 0.4) is 0 Å². The predicted molar refractivity (Wildman–Crippen MR) is 84.2 cm³/mol. The topological polar surface area (TPSA) is 84.5 Å². The average Bonchev–Trinajstić information content (AvgIpc) is 2.44. The van der Waals surface area contributed by atoms with Crippen molar-refractivity contribution in [3.63, 3.8) is 0 Å². The zero-order chi connectivity index (χ0) is 14.3. The van der Waals surface area contributed by atoms with Gasteiger partial charge in [0.2, 0.25) is 0 Å². The molecule has 6 N–H and O–H groups in total. The zero-order valence-electron chi connectivity index (χ0n) is 12.8. The van der Waals surface area contributed by atoms with E-state index in [1.165, 1.54) is 6.42 Å². The molecule has 0 aromatic heterocycles. The molecule has 0 amide bonds. The van der Waals surface area contributed by atoms with E-state index < -0.39 is 0 Å². The molecule has 0 aromatic carbocycles. The summed E-state index contributed by atoms with van der Waals surface area (Å²) in [5, 5.41) is 0. The van der Waals surface area contributed by atoms with Gasteiger partial charge < -0.3 is 27.0 Å². The largest absolute Gasteiger partial charge is 0.330 e. The first-order chi connectivity index (χ1) is 9.28. The van der Waals surface area contributed by atoms with Crippen molar-refractivity contribution in [2.45, 2.75) is 32.6 Å². The summed E-state index contributed by atoms with van der Waals surface area (Å²) in [4.78, 5) is 4.98. The maximum Gasteiger partial charge on any atom is -0.000653 e. The van der Waals surface area contributed by atoms with Gasteiger partial charge in [0.05, 0.1) is 0 Å². The van der Waals surface area contributed by atoms with Gasteiger partial charge in [-0.2, -0.15) is 0 Å². The van der Waals surface area contributed by atoms with E-state index >= 15 is 0 Å². The molecule has 0 aliphatic carbocycles. The monoisotopic (exact) mass is 273 g/mol. The number of nitrogens with zero attached hydrogens (tertiary/aromatic N) is 2. The summed E-state index contributed by atoms with van der Waals surface area (Å²) in [6, 6.07) is 0. The van der Waals surface area contributed by atoms with Gasteiger partial charge in [0.1, 0.15) is 0 Å². The lowest BCUT2D eigenvalue weighted by molar-refractivity contribution is 0.229. The summed E-state index contributed by atoms with van der Waals surface area (Å²) in [7, 11) is 0. The lowest BCUT2D eigenvalue weighted by Gasteiger charge is -2.25. The molecular weight excluding hydrogens is 238 g/mol. The Morgan fingerprint density at radius 3 is 1.37 bits per heavy atom. The highest BCUT2D eigenvalue weighted by atomic mass is 15.1. The fourth-order valence-electron chi connectivity index (χ4n) is 2.23. The van der Waals surface area contributed by atoms with Gasteiger partial charge >= 0.3 is 0 Å². The van der Waals surface area contributed by atoms with Crippen LogP contribution in [0.15, 0.2) is 0 Å². The van der Waals surface area contributed by atoms with Crippen molar-refractivity contribution in [2.24, 2.45) is 17.2 Å². The molecule has 0 saturated heterocycles. The van der Waals surface area contributed by atoms with Crippen LogP contribution in [0.4, 0.5) is 0 Å². The quantitative estimate of drug-likeness (QED) is 0.416. The minimum atomic E-state index is 0.775. The van der Waals surface area contributed by atoms with Crippen molar-refractivity contribution in [2.75, 3.05) is 58.9 Å². The molecule has 0 radical (unpaired) electrons. The van der Waals surface area contributed by atoms with Gasteiger partial charge in [0.15, 0.2) is 0 Å².